The lowest BCUT2D eigenvalue weighted by molar-refractivity contribution is -0.277. The average Bonchev–Trinajstić information content (AvgIpc) is 1.55. The standard InChI is InChI=1S/C69H84N6O29/c1-33-20-43-63(87)74(68(91)99-31-35-10-12-45(39(22-35)59(83)70-14-18-93-3)101-66-56(81)53(78)52(77)51(30-76)103-66)41-26-49(47(95-5)24-37(41)61(85)72(43)28-33)97-16-8-7-9-17-98-50-27-42-38(25-48(50)96-6)62(86)73-29-34(2)21-44(73)64(88)75(42)69(92)100-32-36-11-13-46(40(23-36)60(84)71-15-19-94-4)102-67-57(82)54(79)55(80)58(104-67)65(89)90/h10-13,22-27,43-44,51-58,63-64,66-67,76-82,87-88H,1-2,7-9,14-21,28-32H2,3-6H3,(H,70,83)(H,71,84)(H,89,90)/t43-,44-,51+,52-,53-,54-,55-,56+,57+,58-,63?,64?,66+,67+/m0/s1. The van der Waals surface area contributed by atoms with Gasteiger partial charge >= 0.3 is 18.2 Å². The molecule has 0 radical (unpaired) electrons. The minimum Gasteiger partial charge on any atom is -0.493 e. The number of unbranched alkanes of at least 4 members (excludes halogenated alkanes) is 2. The van der Waals surface area contributed by atoms with Crippen molar-refractivity contribution in [2.75, 3.05) is 97.5 Å². The van der Waals surface area contributed by atoms with Crippen LogP contribution in [0.4, 0.5) is 21.0 Å². The Bertz CT molecular complexity index is 3860. The third kappa shape index (κ3) is 16.5. The van der Waals surface area contributed by atoms with Gasteiger partial charge < -0.3 is 128 Å². The molecule has 14 atom stereocenters. The maximum atomic E-state index is 14.5. The maximum absolute atomic E-state index is 14.5. The number of ether oxygens (including phenoxy) is 12. The number of carbonyl (C=O) groups is 7. The van der Waals surface area contributed by atoms with Crippen LogP contribution in [0.2, 0.25) is 0 Å². The monoisotopic (exact) mass is 1460 g/mol. The van der Waals surface area contributed by atoms with Crippen LogP contribution in [0.25, 0.3) is 0 Å². The van der Waals surface area contributed by atoms with E-state index in [0.717, 1.165) is 9.80 Å². The number of nitrogens with one attached hydrogen (secondary N) is 2. The van der Waals surface area contributed by atoms with Crippen LogP contribution in [0.3, 0.4) is 0 Å². The van der Waals surface area contributed by atoms with E-state index in [1.54, 1.807) is 0 Å². The van der Waals surface area contributed by atoms with E-state index < -0.39 is 148 Å². The molecule has 0 aromatic heterocycles. The normalized spacial score (nSPS) is 25.7. The highest BCUT2D eigenvalue weighted by atomic mass is 16.7. The molecule has 6 heterocycles. The van der Waals surface area contributed by atoms with E-state index in [9.17, 15) is 84.6 Å². The van der Waals surface area contributed by atoms with Crippen molar-refractivity contribution in [2.45, 2.75) is 131 Å². The zero-order valence-electron chi connectivity index (χ0n) is 57.1. The van der Waals surface area contributed by atoms with Crippen LogP contribution in [-0.4, -0.2) is 276 Å². The fraction of sp³-hybridized carbons (Fsp3) is 0.493. The predicted octanol–water partition coefficient (Wildman–Crippen LogP) is 0.0258. The zero-order valence-corrected chi connectivity index (χ0v) is 57.1. The summed E-state index contributed by atoms with van der Waals surface area (Å²) in [6.07, 6.45) is -22.4. The topological polar surface area (TPSA) is 470 Å². The first kappa shape index (κ1) is 77.2. The molecule has 10 rings (SSSR count). The van der Waals surface area contributed by atoms with Gasteiger partial charge in [-0.2, -0.15) is 0 Å². The molecule has 104 heavy (non-hydrogen) atoms. The second-order valence-corrected chi connectivity index (χ2v) is 25.2. The number of aliphatic carboxylic acids is 1. The minimum atomic E-state index is -2.03. The molecule has 0 saturated carbocycles. The van der Waals surface area contributed by atoms with Gasteiger partial charge in [-0.25, -0.2) is 24.2 Å². The summed E-state index contributed by atoms with van der Waals surface area (Å²) in [4.78, 5) is 102. The fourth-order valence-corrected chi connectivity index (χ4v) is 12.7. The van der Waals surface area contributed by atoms with Crippen molar-refractivity contribution < 1.29 is 141 Å². The summed E-state index contributed by atoms with van der Waals surface area (Å²) >= 11 is 0. The number of carboxylic acids is 1. The molecular weight excluding hydrogens is 1380 g/mol. The number of fused-ring (bicyclic) bond motifs is 4. The molecule has 0 spiro atoms. The minimum absolute atomic E-state index is 0.00796. The highest BCUT2D eigenvalue weighted by Crippen LogP contribution is 2.45. The first-order chi connectivity index (χ1) is 49.8. The van der Waals surface area contributed by atoms with Crippen LogP contribution in [0, 0.1) is 0 Å². The summed E-state index contributed by atoms with van der Waals surface area (Å²) < 4.78 is 68.0. The van der Waals surface area contributed by atoms with Crippen molar-refractivity contribution in [3.63, 3.8) is 0 Å². The summed E-state index contributed by atoms with van der Waals surface area (Å²) in [5, 5.41) is 112. The molecule has 564 valence electrons. The van der Waals surface area contributed by atoms with Crippen molar-refractivity contribution in [3.05, 3.63) is 118 Å². The lowest BCUT2D eigenvalue weighted by atomic mass is 9.99. The number of anilines is 2. The molecule has 2 unspecified atom stereocenters. The molecule has 0 bridgehead atoms. The molecule has 4 aromatic carbocycles. The van der Waals surface area contributed by atoms with Crippen molar-refractivity contribution >= 4 is 53.2 Å². The number of aliphatic hydroxyl groups is 9. The number of benzene rings is 4. The van der Waals surface area contributed by atoms with Gasteiger partial charge in [-0.15, -0.1) is 0 Å². The van der Waals surface area contributed by atoms with E-state index in [0.29, 0.717) is 30.4 Å². The van der Waals surface area contributed by atoms with Gasteiger partial charge in [-0.3, -0.25) is 19.2 Å². The lowest BCUT2D eigenvalue weighted by Crippen LogP contribution is -2.61. The summed E-state index contributed by atoms with van der Waals surface area (Å²) in [5.74, 6) is -4.35. The molecule has 12 N–H and O–H groups in total. The van der Waals surface area contributed by atoms with Crippen LogP contribution in [0.1, 0.15) is 84.7 Å². The summed E-state index contributed by atoms with van der Waals surface area (Å²) in [6, 6.07) is 11.5. The third-order valence-electron chi connectivity index (χ3n) is 18.2. The van der Waals surface area contributed by atoms with Gasteiger partial charge in [0, 0.05) is 52.5 Å². The van der Waals surface area contributed by atoms with Crippen LogP contribution < -0.4 is 48.9 Å². The number of methoxy groups -OCH3 is 4. The Balaban J connectivity index is 0.822. The number of nitrogens with zero attached hydrogens (tertiary/aromatic N) is 4. The van der Waals surface area contributed by atoms with Crippen LogP contribution >= 0.6 is 0 Å². The summed E-state index contributed by atoms with van der Waals surface area (Å²) in [7, 11) is 5.53. The second kappa shape index (κ2) is 34.0. The van der Waals surface area contributed by atoms with Gasteiger partial charge in [0.25, 0.3) is 23.6 Å². The van der Waals surface area contributed by atoms with E-state index in [1.807, 2.05) is 0 Å². The van der Waals surface area contributed by atoms with Gasteiger partial charge in [-0.05, 0) is 79.6 Å². The average molecular weight is 1460 g/mol. The summed E-state index contributed by atoms with van der Waals surface area (Å²) in [6.45, 7) is 6.70. The van der Waals surface area contributed by atoms with E-state index in [2.05, 4.69) is 23.8 Å². The van der Waals surface area contributed by atoms with Gasteiger partial charge in [0.15, 0.2) is 41.6 Å². The number of carbonyl (C=O) groups excluding carboxylic acids is 6. The Labute approximate surface area is 594 Å². The number of rotatable bonds is 28. The van der Waals surface area contributed by atoms with E-state index in [-0.39, 0.29) is 145 Å². The van der Waals surface area contributed by atoms with Crippen molar-refractivity contribution in [1.29, 1.82) is 0 Å². The smallest absolute Gasteiger partial charge is 0.416 e. The van der Waals surface area contributed by atoms with Gasteiger partial charge in [0.2, 0.25) is 12.6 Å². The molecule has 4 saturated heterocycles. The Morgan fingerprint density at radius 2 is 0.962 bits per heavy atom. The number of aliphatic hydroxyl groups excluding tert-OH is 9. The molecule has 4 fully saturated rings. The number of hydrogen-bond donors (Lipinski definition) is 12. The number of amides is 6. The van der Waals surface area contributed by atoms with E-state index in [1.165, 1.54) is 98.9 Å². The van der Waals surface area contributed by atoms with Crippen molar-refractivity contribution in [3.8, 4) is 34.5 Å². The maximum Gasteiger partial charge on any atom is 0.416 e. The lowest BCUT2D eigenvalue weighted by Gasteiger charge is -2.39. The molecule has 35 heteroatoms. The fourth-order valence-electron chi connectivity index (χ4n) is 12.7. The Kier molecular flexibility index (Phi) is 25.2. The highest BCUT2D eigenvalue weighted by Gasteiger charge is 2.51. The molecule has 6 aliphatic rings. The SMILES string of the molecule is C=C1C[C@H]2C(O)N(C(=O)OCc3ccc(O[C@@H]4O[C@H](C(=O)O)[C@@H](O)[C@H](O)[C@H]4O)c(C(=O)NCCOC)c3)c3cc(OCCCCCOc4cc5c(cc4OC)C(=O)N4CC(=C)C[C@H]4C(O)N5C(=O)OCc4ccc(O[C@@H]5O[C@H](CO)[C@H](O)[C@H](O)[C@H]5O)c(C(=O)NCCOC)c4)c(OC)cc3C(=O)N2C1. The molecule has 4 aromatic rings. The molecule has 6 aliphatic heterocycles. The zero-order chi connectivity index (χ0) is 75.0. The second-order valence-electron chi connectivity index (χ2n) is 25.2. The van der Waals surface area contributed by atoms with Crippen molar-refractivity contribution in [2.24, 2.45) is 0 Å². The third-order valence-corrected chi connectivity index (χ3v) is 18.2. The molecule has 0 aliphatic carbocycles. The van der Waals surface area contributed by atoms with Crippen LogP contribution in [-0.2, 0) is 46.4 Å². The Morgan fingerprint density at radius 3 is 1.38 bits per heavy atom. The van der Waals surface area contributed by atoms with Gasteiger partial charge in [0.05, 0.1) is 93.0 Å². The van der Waals surface area contributed by atoms with Gasteiger partial charge in [0.1, 0.15) is 67.4 Å². The van der Waals surface area contributed by atoms with E-state index >= 15 is 0 Å². The quantitative estimate of drug-likeness (QED) is 0.0263. The largest absolute Gasteiger partial charge is 0.493 e. The van der Waals surface area contributed by atoms with Crippen LogP contribution in [0.15, 0.2) is 85.0 Å². The van der Waals surface area contributed by atoms with Crippen LogP contribution in [0.5, 0.6) is 34.5 Å². The highest BCUT2D eigenvalue weighted by molar-refractivity contribution is 6.07. The summed E-state index contributed by atoms with van der Waals surface area (Å²) in [5.41, 5.74) is 0.916. The first-order valence-electron chi connectivity index (χ1n) is 33.1. The molecule has 35 nitrogen and oxygen atoms in total. The Morgan fingerprint density at radius 1 is 0.529 bits per heavy atom. The number of carboxylic acid groups (broad SMARTS) is 1. The van der Waals surface area contributed by atoms with Crippen molar-refractivity contribution in [1.82, 2.24) is 20.4 Å². The van der Waals surface area contributed by atoms with Gasteiger partial charge in [-0.1, -0.05) is 36.4 Å². The molecular formula is C69H84N6O29. The predicted molar refractivity (Wildman–Crippen MR) is 356 cm³/mol. The molecule has 6 amide bonds. The van der Waals surface area contributed by atoms with E-state index in [4.69, 9.17) is 56.8 Å². The first-order valence-corrected chi connectivity index (χ1v) is 33.1. The Hall–Kier alpha value is -9.47. The number of hydrogen-bond acceptors (Lipinski definition) is 28.